The van der Waals surface area contributed by atoms with Crippen LogP contribution in [0.1, 0.15) is 11.6 Å². The lowest BCUT2D eigenvalue weighted by molar-refractivity contribution is -0.118. The number of aliphatic hydroxyl groups is 1. The monoisotopic (exact) mass is 308 g/mol. The molecule has 7 heteroatoms. The van der Waals surface area contributed by atoms with Gasteiger partial charge in [0.05, 0.1) is 5.02 Å². The van der Waals surface area contributed by atoms with Crippen LogP contribution in [-0.2, 0) is 0 Å². The maximum atomic E-state index is 14.1. The van der Waals surface area contributed by atoms with E-state index in [1.54, 1.807) is 4.90 Å². The van der Waals surface area contributed by atoms with Crippen molar-refractivity contribution < 1.29 is 18.3 Å². The molecule has 1 aromatic carbocycles. The summed E-state index contributed by atoms with van der Waals surface area (Å²) in [5.41, 5.74) is 0.206. The number of hydrogen-bond acceptors (Lipinski definition) is 3. The normalized spacial score (nSPS) is 19.1. The topological polar surface area (TPSA) is 35.5 Å². The van der Waals surface area contributed by atoms with Gasteiger partial charge in [-0.2, -0.15) is 0 Å². The largest absolute Gasteiger partial charge is 0.390 e. The van der Waals surface area contributed by atoms with Crippen molar-refractivity contribution in [1.29, 1.82) is 0 Å². The van der Waals surface area contributed by atoms with Gasteiger partial charge in [0.2, 0.25) is 0 Å². The Morgan fingerprint density at radius 1 is 1.35 bits per heavy atom. The van der Waals surface area contributed by atoms with Crippen LogP contribution in [0.4, 0.5) is 13.2 Å². The minimum absolute atomic E-state index is 0.198. The maximum Gasteiger partial charge on any atom is 0.289 e. The minimum Gasteiger partial charge on any atom is -0.390 e. The Labute approximate surface area is 120 Å². The van der Waals surface area contributed by atoms with Gasteiger partial charge in [-0.3, -0.25) is 4.90 Å². The van der Waals surface area contributed by atoms with Gasteiger partial charge in [-0.05, 0) is 17.7 Å². The Balaban J connectivity index is 2.36. The first-order chi connectivity index (χ1) is 9.45. The number of piperazine rings is 1. The summed E-state index contributed by atoms with van der Waals surface area (Å²) in [5, 5.41) is 11.9. The van der Waals surface area contributed by atoms with Crippen molar-refractivity contribution in [2.75, 3.05) is 32.8 Å². The Morgan fingerprint density at radius 3 is 2.55 bits per heavy atom. The van der Waals surface area contributed by atoms with Gasteiger partial charge in [0.15, 0.2) is 0 Å². The second kappa shape index (κ2) is 6.30. The molecule has 1 atom stereocenters. The molecular weight excluding hydrogens is 293 g/mol. The highest BCUT2D eigenvalue weighted by atomic mass is 35.5. The average molecular weight is 309 g/mol. The molecule has 1 aliphatic rings. The van der Waals surface area contributed by atoms with Crippen LogP contribution in [0.2, 0.25) is 5.02 Å². The minimum atomic E-state index is -3.32. The molecule has 1 aliphatic heterocycles. The third kappa shape index (κ3) is 3.25. The summed E-state index contributed by atoms with van der Waals surface area (Å²) in [5.74, 6) is -3.97. The lowest BCUT2D eigenvalue weighted by Gasteiger charge is -2.38. The Hall–Kier alpha value is -0.820. The van der Waals surface area contributed by atoms with Crippen molar-refractivity contribution in [3.63, 3.8) is 0 Å². The van der Waals surface area contributed by atoms with E-state index in [0.717, 1.165) is 6.07 Å². The molecule has 1 fully saturated rings. The molecule has 0 bridgehead atoms. The molecule has 0 saturated carbocycles. The number of aliphatic hydroxyl groups excluding tert-OH is 1. The zero-order valence-electron chi connectivity index (χ0n) is 10.8. The first-order valence-electron chi connectivity index (χ1n) is 6.34. The van der Waals surface area contributed by atoms with Crippen LogP contribution in [0, 0.1) is 5.82 Å². The van der Waals surface area contributed by atoms with Gasteiger partial charge in [0, 0.05) is 26.2 Å². The molecule has 1 heterocycles. The molecule has 1 saturated heterocycles. The van der Waals surface area contributed by atoms with Crippen LogP contribution in [0.5, 0.6) is 0 Å². The molecule has 0 aliphatic carbocycles. The number of alkyl halides is 2. The number of benzene rings is 1. The van der Waals surface area contributed by atoms with E-state index < -0.39 is 24.4 Å². The van der Waals surface area contributed by atoms with Gasteiger partial charge in [0.25, 0.3) is 5.92 Å². The van der Waals surface area contributed by atoms with Crippen LogP contribution in [0.3, 0.4) is 0 Å². The fraction of sp³-hybridized carbons (Fsp3) is 0.538. The summed E-state index contributed by atoms with van der Waals surface area (Å²) in [6.07, 6.45) is 0. The second-order valence-corrected chi connectivity index (χ2v) is 5.19. The van der Waals surface area contributed by atoms with Gasteiger partial charge >= 0.3 is 0 Å². The fourth-order valence-corrected chi connectivity index (χ4v) is 2.62. The van der Waals surface area contributed by atoms with Gasteiger partial charge in [0.1, 0.15) is 18.5 Å². The van der Waals surface area contributed by atoms with Gasteiger partial charge in [-0.15, -0.1) is 0 Å². The third-order valence-corrected chi connectivity index (χ3v) is 3.68. The first kappa shape index (κ1) is 15.6. The summed E-state index contributed by atoms with van der Waals surface area (Å²) in [7, 11) is 0. The molecule has 2 rings (SSSR count). The molecule has 0 aromatic heterocycles. The Morgan fingerprint density at radius 2 is 2.00 bits per heavy atom. The van der Waals surface area contributed by atoms with E-state index in [1.807, 2.05) is 0 Å². The quantitative estimate of drug-likeness (QED) is 0.894. The molecule has 112 valence electrons. The molecule has 0 amide bonds. The SMILES string of the molecule is OCC(F)(F)[C@@H](c1ccc(F)c(Cl)c1)N1CCNCC1. The molecule has 0 radical (unpaired) electrons. The highest BCUT2D eigenvalue weighted by molar-refractivity contribution is 6.30. The van der Waals surface area contributed by atoms with E-state index in [9.17, 15) is 13.2 Å². The van der Waals surface area contributed by atoms with E-state index in [2.05, 4.69) is 5.32 Å². The van der Waals surface area contributed by atoms with Crippen LogP contribution >= 0.6 is 11.6 Å². The zero-order valence-corrected chi connectivity index (χ0v) is 11.5. The number of nitrogens with one attached hydrogen (secondary N) is 1. The molecule has 20 heavy (non-hydrogen) atoms. The molecule has 2 N–H and O–H groups in total. The van der Waals surface area contributed by atoms with Gasteiger partial charge < -0.3 is 10.4 Å². The van der Waals surface area contributed by atoms with Crippen LogP contribution in [0.25, 0.3) is 0 Å². The van der Waals surface area contributed by atoms with Crippen LogP contribution in [-0.4, -0.2) is 48.7 Å². The smallest absolute Gasteiger partial charge is 0.289 e. The number of hydrogen-bond donors (Lipinski definition) is 2. The van der Waals surface area contributed by atoms with Crippen LogP contribution in [0.15, 0.2) is 18.2 Å². The van der Waals surface area contributed by atoms with E-state index >= 15 is 0 Å². The highest BCUT2D eigenvalue weighted by Gasteiger charge is 2.44. The summed E-state index contributed by atoms with van der Waals surface area (Å²) < 4.78 is 41.3. The van der Waals surface area contributed by atoms with Crippen LogP contribution < -0.4 is 5.32 Å². The lowest BCUT2D eigenvalue weighted by atomic mass is 9.98. The predicted octanol–water partition coefficient (Wildman–Crippen LogP) is 2.05. The van der Waals surface area contributed by atoms with E-state index in [0.29, 0.717) is 26.2 Å². The van der Waals surface area contributed by atoms with Crippen molar-refractivity contribution >= 4 is 11.6 Å². The molecule has 3 nitrogen and oxygen atoms in total. The van der Waals surface area contributed by atoms with Crippen molar-refractivity contribution in [2.45, 2.75) is 12.0 Å². The second-order valence-electron chi connectivity index (χ2n) is 4.78. The average Bonchev–Trinajstić information content (AvgIpc) is 2.44. The molecular formula is C13H16ClF3N2O. The standard InChI is InChI=1S/C13H16ClF3N2O/c14-10-7-9(1-2-11(10)15)12(13(16,17)8-20)19-5-3-18-4-6-19/h1-2,7,12,18,20H,3-6,8H2/t12-/m1/s1. The summed E-state index contributed by atoms with van der Waals surface area (Å²) in [4.78, 5) is 1.58. The van der Waals surface area contributed by atoms with Crippen molar-refractivity contribution in [3.05, 3.63) is 34.6 Å². The summed E-state index contributed by atoms with van der Waals surface area (Å²) in [6, 6.07) is 2.25. The van der Waals surface area contributed by atoms with Gasteiger partial charge in [-0.25, -0.2) is 13.2 Å². The maximum absolute atomic E-state index is 14.1. The van der Waals surface area contributed by atoms with E-state index in [-0.39, 0.29) is 10.6 Å². The van der Waals surface area contributed by atoms with E-state index in [4.69, 9.17) is 16.7 Å². The predicted molar refractivity (Wildman–Crippen MR) is 70.6 cm³/mol. The molecule has 1 aromatic rings. The fourth-order valence-electron chi connectivity index (χ4n) is 2.43. The number of halogens is 4. The van der Waals surface area contributed by atoms with Crippen molar-refractivity contribution in [3.8, 4) is 0 Å². The Kier molecular flexibility index (Phi) is 4.90. The first-order valence-corrected chi connectivity index (χ1v) is 6.72. The summed E-state index contributed by atoms with van der Waals surface area (Å²) in [6.45, 7) is 0.765. The zero-order chi connectivity index (χ0) is 14.8. The molecule has 0 unspecified atom stereocenters. The third-order valence-electron chi connectivity index (χ3n) is 3.39. The number of nitrogens with zero attached hydrogens (tertiary/aromatic N) is 1. The highest BCUT2D eigenvalue weighted by Crippen LogP contribution is 2.37. The Bertz CT molecular complexity index is 467. The van der Waals surface area contributed by atoms with E-state index in [1.165, 1.54) is 12.1 Å². The summed E-state index contributed by atoms with van der Waals surface area (Å²) >= 11 is 5.68. The van der Waals surface area contributed by atoms with Crippen molar-refractivity contribution in [1.82, 2.24) is 10.2 Å². The molecule has 0 spiro atoms. The number of rotatable bonds is 4. The van der Waals surface area contributed by atoms with Crippen molar-refractivity contribution in [2.24, 2.45) is 0 Å². The van der Waals surface area contributed by atoms with Gasteiger partial charge in [-0.1, -0.05) is 17.7 Å². The lowest BCUT2D eigenvalue weighted by Crippen LogP contribution is -2.51.